The van der Waals surface area contributed by atoms with Crippen LogP contribution in [0.3, 0.4) is 0 Å². The minimum absolute atomic E-state index is 0.0000144. The van der Waals surface area contributed by atoms with Crippen molar-refractivity contribution in [3.8, 4) is 0 Å². The summed E-state index contributed by atoms with van der Waals surface area (Å²) in [6.07, 6.45) is 2.18. The van der Waals surface area contributed by atoms with Crippen molar-refractivity contribution in [3.63, 3.8) is 0 Å². The van der Waals surface area contributed by atoms with Gasteiger partial charge in [0.2, 0.25) is 0 Å². The van der Waals surface area contributed by atoms with E-state index in [2.05, 4.69) is 13.8 Å². The summed E-state index contributed by atoms with van der Waals surface area (Å²) in [6.45, 7) is 5.24. The van der Waals surface area contributed by atoms with Gasteiger partial charge in [0.15, 0.2) is 0 Å². The molecular weight excluding hydrogens is 220 g/mol. The van der Waals surface area contributed by atoms with Crippen LogP contribution < -0.4 is 0 Å². The predicted octanol–water partition coefficient (Wildman–Crippen LogP) is 1.63. The summed E-state index contributed by atoms with van der Waals surface area (Å²) in [4.78, 5) is 26.0. The van der Waals surface area contributed by atoms with Crippen LogP contribution in [0.2, 0.25) is 0 Å². The molecule has 1 heterocycles. The van der Waals surface area contributed by atoms with E-state index < -0.39 is 5.97 Å². The Morgan fingerprint density at radius 3 is 2.59 bits per heavy atom. The van der Waals surface area contributed by atoms with Gasteiger partial charge >= 0.3 is 12.0 Å². The van der Waals surface area contributed by atoms with Crippen LogP contribution in [0, 0.1) is 5.92 Å². The first-order chi connectivity index (χ1) is 7.91. The Morgan fingerprint density at radius 1 is 1.35 bits per heavy atom. The van der Waals surface area contributed by atoms with Gasteiger partial charge in [-0.1, -0.05) is 6.92 Å². The summed E-state index contributed by atoms with van der Waals surface area (Å²) < 4.78 is 0. The van der Waals surface area contributed by atoms with E-state index in [1.807, 2.05) is 4.90 Å². The lowest BCUT2D eigenvalue weighted by Crippen LogP contribution is -2.50. The van der Waals surface area contributed by atoms with Gasteiger partial charge in [-0.3, -0.25) is 4.79 Å². The summed E-state index contributed by atoms with van der Waals surface area (Å²) in [5.41, 5.74) is 0. The molecule has 2 amide bonds. The molecule has 1 rings (SSSR count). The summed E-state index contributed by atoms with van der Waals surface area (Å²) >= 11 is 0. The zero-order valence-electron chi connectivity index (χ0n) is 10.8. The monoisotopic (exact) mass is 242 g/mol. The van der Waals surface area contributed by atoms with Gasteiger partial charge in [0.1, 0.15) is 0 Å². The van der Waals surface area contributed by atoms with E-state index in [0.29, 0.717) is 5.92 Å². The highest BCUT2D eigenvalue weighted by atomic mass is 16.4. The molecule has 0 aromatic heterocycles. The maximum atomic E-state index is 12.1. The van der Waals surface area contributed by atoms with E-state index in [1.165, 1.54) is 4.90 Å². The van der Waals surface area contributed by atoms with Crippen molar-refractivity contribution >= 4 is 12.0 Å². The number of carbonyl (C=O) groups excluding carboxylic acids is 1. The van der Waals surface area contributed by atoms with Crippen molar-refractivity contribution in [2.45, 2.75) is 39.2 Å². The lowest BCUT2D eigenvalue weighted by molar-refractivity contribution is -0.137. The number of carbonyl (C=O) groups is 2. The minimum atomic E-state index is -0.871. The molecule has 2 atom stereocenters. The number of aliphatic carboxylic acids is 1. The Morgan fingerprint density at radius 2 is 2.00 bits per heavy atom. The molecular formula is C12H22N2O3. The number of carboxylic acids is 1. The van der Waals surface area contributed by atoms with Crippen LogP contribution in [0.25, 0.3) is 0 Å². The van der Waals surface area contributed by atoms with Crippen molar-refractivity contribution in [2.24, 2.45) is 5.92 Å². The van der Waals surface area contributed by atoms with Crippen molar-refractivity contribution < 1.29 is 14.7 Å². The smallest absolute Gasteiger partial charge is 0.320 e. The van der Waals surface area contributed by atoms with E-state index in [1.54, 1.807) is 7.05 Å². The molecule has 1 N–H and O–H groups in total. The lowest BCUT2D eigenvalue weighted by atomic mass is 9.95. The first kappa shape index (κ1) is 13.8. The van der Waals surface area contributed by atoms with Crippen LogP contribution in [0.15, 0.2) is 0 Å². The van der Waals surface area contributed by atoms with Gasteiger partial charge in [-0.2, -0.15) is 0 Å². The van der Waals surface area contributed by atoms with Crippen LogP contribution in [0.4, 0.5) is 4.79 Å². The number of carboxylic acid groups (broad SMARTS) is 1. The fourth-order valence-corrected chi connectivity index (χ4v) is 2.13. The molecule has 0 bridgehead atoms. The van der Waals surface area contributed by atoms with Gasteiger partial charge in [-0.15, -0.1) is 0 Å². The Balaban J connectivity index is 2.52. The molecule has 17 heavy (non-hydrogen) atoms. The van der Waals surface area contributed by atoms with Crippen molar-refractivity contribution in [2.75, 3.05) is 20.1 Å². The molecule has 0 aromatic carbocycles. The molecule has 0 aliphatic carbocycles. The molecule has 5 nitrogen and oxygen atoms in total. The topological polar surface area (TPSA) is 60.9 Å². The fraction of sp³-hybridized carbons (Fsp3) is 0.833. The average molecular weight is 242 g/mol. The normalized spacial score (nSPS) is 24.5. The maximum Gasteiger partial charge on any atom is 0.320 e. The molecule has 0 radical (unpaired) electrons. The van der Waals surface area contributed by atoms with Gasteiger partial charge in [0.05, 0.1) is 6.42 Å². The number of hydrogen-bond acceptors (Lipinski definition) is 2. The highest BCUT2D eigenvalue weighted by molar-refractivity contribution is 5.75. The molecule has 1 aliphatic heterocycles. The Hall–Kier alpha value is -1.26. The fourth-order valence-electron chi connectivity index (χ4n) is 2.13. The third kappa shape index (κ3) is 3.91. The van der Waals surface area contributed by atoms with E-state index in [-0.39, 0.29) is 25.0 Å². The molecule has 1 fully saturated rings. The number of piperidine rings is 1. The standard InChI is InChI=1S/C12H22N2O3/c1-9-4-5-10(2)14(8-9)12(17)13(3)7-6-11(15)16/h9-10H,4-8H2,1-3H3,(H,15,16). The van der Waals surface area contributed by atoms with E-state index in [0.717, 1.165) is 19.4 Å². The SMILES string of the molecule is CC1CCC(C)N(C(=O)N(C)CCC(=O)O)C1. The van der Waals surface area contributed by atoms with Gasteiger partial charge in [-0.25, -0.2) is 4.79 Å². The quantitative estimate of drug-likeness (QED) is 0.818. The van der Waals surface area contributed by atoms with E-state index >= 15 is 0 Å². The first-order valence-corrected chi connectivity index (χ1v) is 6.15. The van der Waals surface area contributed by atoms with Crippen LogP contribution >= 0.6 is 0 Å². The van der Waals surface area contributed by atoms with E-state index in [9.17, 15) is 9.59 Å². The minimum Gasteiger partial charge on any atom is -0.481 e. The second-order valence-electron chi connectivity index (χ2n) is 5.03. The number of nitrogens with zero attached hydrogens (tertiary/aromatic N) is 2. The number of likely N-dealkylation sites (tertiary alicyclic amines) is 1. The van der Waals surface area contributed by atoms with Gasteiger partial charge < -0.3 is 14.9 Å². The second-order valence-corrected chi connectivity index (χ2v) is 5.03. The van der Waals surface area contributed by atoms with Gasteiger partial charge in [0.25, 0.3) is 0 Å². The van der Waals surface area contributed by atoms with Gasteiger partial charge in [0, 0.05) is 26.2 Å². The lowest BCUT2D eigenvalue weighted by Gasteiger charge is -2.38. The molecule has 0 aromatic rings. The Bertz CT molecular complexity index is 293. The van der Waals surface area contributed by atoms with Crippen molar-refractivity contribution in [1.82, 2.24) is 9.80 Å². The maximum absolute atomic E-state index is 12.1. The summed E-state index contributed by atoms with van der Waals surface area (Å²) in [5.74, 6) is -0.340. The molecule has 0 saturated carbocycles. The Kier molecular flexibility index (Phi) is 4.78. The second kappa shape index (κ2) is 5.89. The molecule has 98 valence electrons. The largest absolute Gasteiger partial charge is 0.481 e. The van der Waals surface area contributed by atoms with Crippen LogP contribution in [-0.4, -0.2) is 53.1 Å². The van der Waals surface area contributed by atoms with Crippen LogP contribution in [0.1, 0.15) is 33.1 Å². The third-order valence-electron chi connectivity index (χ3n) is 3.35. The van der Waals surface area contributed by atoms with Crippen molar-refractivity contribution in [3.05, 3.63) is 0 Å². The number of rotatable bonds is 3. The molecule has 1 aliphatic rings. The summed E-state index contributed by atoms with van der Waals surface area (Å²) in [5, 5.41) is 8.60. The first-order valence-electron chi connectivity index (χ1n) is 6.15. The van der Waals surface area contributed by atoms with Crippen molar-refractivity contribution in [1.29, 1.82) is 0 Å². The number of urea groups is 1. The summed E-state index contributed by atoms with van der Waals surface area (Å²) in [7, 11) is 1.66. The van der Waals surface area contributed by atoms with Crippen LogP contribution in [-0.2, 0) is 4.79 Å². The molecule has 0 spiro atoms. The predicted molar refractivity (Wildman–Crippen MR) is 64.8 cm³/mol. The summed E-state index contributed by atoms with van der Waals surface area (Å²) in [6, 6.07) is 0.205. The number of amides is 2. The van der Waals surface area contributed by atoms with Crippen LogP contribution in [0.5, 0.6) is 0 Å². The van der Waals surface area contributed by atoms with E-state index in [4.69, 9.17) is 5.11 Å². The molecule has 1 saturated heterocycles. The average Bonchev–Trinajstić information content (AvgIpc) is 2.28. The third-order valence-corrected chi connectivity index (χ3v) is 3.35. The van der Waals surface area contributed by atoms with Gasteiger partial charge in [-0.05, 0) is 25.7 Å². The highest BCUT2D eigenvalue weighted by Crippen LogP contribution is 2.22. The number of hydrogen-bond donors (Lipinski definition) is 1. The Labute approximate surface area is 102 Å². The zero-order chi connectivity index (χ0) is 13.0. The zero-order valence-corrected chi connectivity index (χ0v) is 10.8. The molecule has 5 heteroatoms. The highest BCUT2D eigenvalue weighted by Gasteiger charge is 2.28. The molecule has 2 unspecified atom stereocenters.